The van der Waals surface area contributed by atoms with Gasteiger partial charge in [-0.3, -0.25) is 9.35 Å². The van der Waals surface area contributed by atoms with Gasteiger partial charge in [-0.05, 0) is 12.8 Å². The van der Waals surface area contributed by atoms with Crippen LogP contribution in [0.15, 0.2) is 0 Å². The maximum absolute atomic E-state index is 12.8. The minimum absolute atomic E-state index is 0.0444. The Morgan fingerprint density at radius 2 is 1.04 bits per heavy atom. The van der Waals surface area contributed by atoms with Crippen LogP contribution in [0.25, 0.3) is 0 Å². The molecule has 12 nitrogen and oxygen atoms in total. The van der Waals surface area contributed by atoms with Gasteiger partial charge in [-0.2, -0.15) is 8.42 Å². The van der Waals surface area contributed by atoms with Gasteiger partial charge in [-0.1, -0.05) is 181 Å². The van der Waals surface area contributed by atoms with Crippen LogP contribution in [0.5, 0.6) is 0 Å². The van der Waals surface area contributed by atoms with Crippen molar-refractivity contribution in [1.82, 2.24) is 0 Å². The highest BCUT2D eigenvalue weighted by Gasteiger charge is 2.48. The number of carbonyl (C=O) groups excluding carboxylic acids is 1. The molecule has 6 atom stereocenters. The van der Waals surface area contributed by atoms with E-state index in [1.54, 1.807) is 0 Å². The lowest BCUT2D eigenvalue weighted by Crippen LogP contribution is -2.60. The van der Waals surface area contributed by atoms with Gasteiger partial charge in [0.25, 0.3) is 0 Å². The molecule has 1 aliphatic heterocycles. The van der Waals surface area contributed by atoms with Crippen molar-refractivity contribution in [3.05, 3.63) is 0 Å². The largest absolute Gasteiger partial charge is 0.457 e. The Hall–Kier alpha value is -0.900. The number of esters is 1. The number of ether oxygens (including phenoxy) is 4. The van der Waals surface area contributed by atoms with Crippen LogP contribution in [0, 0.1) is 0 Å². The molecule has 13 heteroatoms. The van der Waals surface area contributed by atoms with Gasteiger partial charge in [0, 0.05) is 13.0 Å². The zero-order valence-electron chi connectivity index (χ0n) is 34.8. The van der Waals surface area contributed by atoms with Gasteiger partial charge in [-0.25, -0.2) is 4.18 Å². The maximum atomic E-state index is 12.8. The fraction of sp³-hybridized carbons (Fsp3) is 0.976. The molecular formula is C42H82O12S. The average molecular weight is 811 g/mol. The van der Waals surface area contributed by atoms with Gasteiger partial charge < -0.3 is 34.3 Å². The van der Waals surface area contributed by atoms with Crippen LogP contribution in [-0.2, 0) is 38.3 Å². The van der Waals surface area contributed by atoms with E-state index >= 15 is 0 Å². The van der Waals surface area contributed by atoms with E-state index in [1.807, 2.05) is 0 Å². The van der Waals surface area contributed by atoms with Crippen LogP contribution in [0.2, 0.25) is 0 Å². The topological polar surface area (TPSA) is 178 Å². The Balaban J connectivity index is 2.42. The predicted molar refractivity (Wildman–Crippen MR) is 216 cm³/mol. The summed E-state index contributed by atoms with van der Waals surface area (Å²) in [4.78, 5) is 12.8. The van der Waals surface area contributed by atoms with Crippen molar-refractivity contribution in [3.8, 4) is 0 Å². The summed E-state index contributed by atoms with van der Waals surface area (Å²) in [6, 6.07) is 0. The van der Waals surface area contributed by atoms with E-state index < -0.39 is 59.8 Å². The smallest absolute Gasteiger partial charge is 0.397 e. The van der Waals surface area contributed by atoms with Crippen LogP contribution < -0.4 is 0 Å². The standard InChI is InChI=1S/C42H82O12S/c1-3-5-7-9-11-13-15-17-18-19-20-22-24-26-28-30-32-50-34-36(52-38(44)31-29-27-25-23-21-16-14-12-10-8-6-4-2)35-51-42-40(46)41(54-55(47,48)49)39(45)37(33-43)53-42/h36-37,39-43,45-46H,3-35H2,1-2H3,(H,47,48,49). The van der Waals surface area contributed by atoms with E-state index in [0.29, 0.717) is 13.0 Å². The minimum Gasteiger partial charge on any atom is -0.457 e. The fourth-order valence-corrected chi connectivity index (χ4v) is 7.59. The second kappa shape index (κ2) is 35.1. The van der Waals surface area contributed by atoms with Crippen LogP contribution in [0.1, 0.15) is 200 Å². The Labute approximate surface area is 335 Å². The average Bonchev–Trinajstić information content (AvgIpc) is 3.15. The van der Waals surface area contributed by atoms with E-state index in [-0.39, 0.29) is 19.6 Å². The van der Waals surface area contributed by atoms with Crippen LogP contribution in [0.4, 0.5) is 0 Å². The van der Waals surface area contributed by atoms with Gasteiger partial charge in [-0.15, -0.1) is 0 Å². The molecule has 4 N–H and O–H groups in total. The number of unbranched alkanes of at least 4 members (excludes halogenated alkanes) is 26. The van der Waals surface area contributed by atoms with Gasteiger partial charge >= 0.3 is 16.4 Å². The lowest BCUT2D eigenvalue weighted by Gasteiger charge is -2.41. The molecule has 0 aromatic carbocycles. The SMILES string of the molecule is CCCCCCCCCCCCCCCCCCOCC(COC1OC(CO)C(O)C(OS(=O)(=O)O)C1O)OC(=O)CCCCCCCCCCCCCC. The molecule has 328 valence electrons. The maximum Gasteiger partial charge on any atom is 0.397 e. The van der Waals surface area contributed by atoms with Crippen molar-refractivity contribution in [2.75, 3.05) is 26.4 Å². The van der Waals surface area contributed by atoms with Crippen molar-refractivity contribution < 1.29 is 56.2 Å². The predicted octanol–water partition coefficient (Wildman–Crippen LogP) is 8.91. The molecule has 0 amide bonds. The number of aliphatic hydroxyl groups is 3. The normalized spacial score (nSPS) is 20.9. The molecule has 1 rings (SSSR count). The van der Waals surface area contributed by atoms with Gasteiger partial charge in [0.15, 0.2) is 6.29 Å². The van der Waals surface area contributed by atoms with Gasteiger partial charge in [0.1, 0.15) is 30.5 Å². The van der Waals surface area contributed by atoms with E-state index in [0.717, 1.165) is 38.5 Å². The van der Waals surface area contributed by atoms with Crippen LogP contribution in [-0.4, -0.2) is 97.5 Å². The van der Waals surface area contributed by atoms with E-state index in [4.69, 9.17) is 23.5 Å². The molecule has 0 aliphatic carbocycles. The summed E-state index contributed by atoms with van der Waals surface area (Å²) in [5, 5.41) is 30.6. The quantitative estimate of drug-likeness (QED) is 0.0264. The first-order valence-electron chi connectivity index (χ1n) is 22.3. The lowest BCUT2D eigenvalue weighted by molar-refractivity contribution is -0.301. The third-order valence-electron chi connectivity index (χ3n) is 10.5. The molecule has 0 aromatic rings. The Bertz CT molecular complexity index is 984. The summed E-state index contributed by atoms with van der Waals surface area (Å²) >= 11 is 0. The van der Waals surface area contributed by atoms with Crippen molar-refractivity contribution in [2.45, 2.75) is 237 Å². The molecule has 0 spiro atoms. The molecule has 0 radical (unpaired) electrons. The highest BCUT2D eigenvalue weighted by Crippen LogP contribution is 2.26. The molecule has 1 aliphatic rings. The molecule has 1 fully saturated rings. The number of aliphatic hydroxyl groups excluding tert-OH is 3. The molecule has 1 heterocycles. The van der Waals surface area contributed by atoms with Crippen LogP contribution in [0.3, 0.4) is 0 Å². The summed E-state index contributed by atoms with van der Waals surface area (Å²) in [5.74, 6) is -0.395. The van der Waals surface area contributed by atoms with Gasteiger partial charge in [0.2, 0.25) is 0 Å². The molecule has 0 saturated carbocycles. The second-order valence-corrected chi connectivity index (χ2v) is 16.7. The van der Waals surface area contributed by atoms with Crippen molar-refractivity contribution in [2.24, 2.45) is 0 Å². The van der Waals surface area contributed by atoms with Gasteiger partial charge in [0.05, 0.1) is 19.8 Å². The summed E-state index contributed by atoms with van der Waals surface area (Å²) in [6.45, 7) is 4.02. The van der Waals surface area contributed by atoms with E-state index in [9.17, 15) is 28.5 Å². The highest BCUT2D eigenvalue weighted by molar-refractivity contribution is 7.80. The molecule has 0 aromatic heterocycles. The first-order valence-corrected chi connectivity index (χ1v) is 23.7. The number of hydrogen-bond donors (Lipinski definition) is 4. The summed E-state index contributed by atoms with van der Waals surface area (Å²) in [6.07, 6.45) is 25.6. The second-order valence-electron chi connectivity index (χ2n) is 15.7. The lowest BCUT2D eigenvalue weighted by atomic mass is 9.99. The Kier molecular flexibility index (Phi) is 33.2. The minimum atomic E-state index is -5.05. The number of carbonyl (C=O) groups is 1. The molecule has 6 unspecified atom stereocenters. The monoisotopic (exact) mass is 811 g/mol. The Morgan fingerprint density at radius 3 is 1.45 bits per heavy atom. The molecule has 1 saturated heterocycles. The van der Waals surface area contributed by atoms with Crippen molar-refractivity contribution in [3.63, 3.8) is 0 Å². The zero-order valence-corrected chi connectivity index (χ0v) is 35.6. The third kappa shape index (κ3) is 29.0. The van der Waals surface area contributed by atoms with E-state index in [2.05, 4.69) is 18.0 Å². The number of hydrogen-bond acceptors (Lipinski definition) is 11. The van der Waals surface area contributed by atoms with Crippen LogP contribution >= 0.6 is 0 Å². The van der Waals surface area contributed by atoms with E-state index in [1.165, 1.54) is 135 Å². The molecule has 55 heavy (non-hydrogen) atoms. The molecule has 0 bridgehead atoms. The zero-order chi connectivity index (χ0) is 40.4. The summed E-state index contributed by atoms with van der Waals surface area (Å²) < 4.78 is 59.0. The van der Waals surface area contributed by atoms with Crippen molar-refractivity contribution in [1.29, 1.82) is 0 Å². The first-order chi connectivity index (χ1) is 26.6. The third-order valence-corrected chi connectivity index (χ3v) is 10.9. The van der Waals surface area contributed by atoms with Crippen molar-refractivity contribution >= 4 is 16.4 Å². The summed E-state index contributed by atoms with van der Waals surface area (Å²) in [7, 11) is -5.05. The Morgan fingerprint density at radius 1 is 0.618 bits per heavy atom. The fourth-order valence-electron chi connectivity index (χ4n) is 7.09. The summed E-state index contributed by atoms with van der Waals surface area (Å²) in [5.41, 5.74) is 0. The first kappa shape index (κ1) is 52.1. The molecular weight excluding hydrogens is 729 g/mol. The highest BCUT2D eigenvalue weighted by atomic mass is 32.3. The number of rotatable bonds is 39.